The van der Waals surface area contributed by atoms with Gasteiger partial charge in [-0.2, -0.15) is 0 Å². The summed E-state index contributed by atoms with van der Waals surface area (Å²) < 4.78 is 0. The van der Waals surface area contributed by atoms with Crippen LogP contribution in [-0.4, -0.2) is 16.7 Å². The highest BCUT2D eigenvalue weighted by Crippen LogP contribution is 2.37. The lowest BCUT2D eigenvalue weighted by atomic mass is 10.1. The molecule has 78 valence electrons. The minimum atomic E-state index is 0.228. The summed E-state index contributed by atoms with van der Waals surface area (Å²) in [7, 11) is 0. The van der Waals surface area contributed by atoms with Crippen molar-refractivity contribution in [3.63, 3.8) is 0 Å². The van der Waals surface area contributed by atoms with Crippen molar-refractivity contribution in [1.82, 2.24) is 4.98 Å². The molecule has 1 fully saturated rings. The fraction of sp³-hybridized carbons (Fsp3) is 0.727. The minimum absolute atomic E-state index is 0.228. The SMILES string of the molecule is CC(CO)c1cnc(C2CCCC2)s1. The molecule has 0 aromatic carbocycles. The summed E-state index contributed by atoms with van der Waals surface area (Å²) in [5.74, 6) is 0.960. The second-order valence-corrected chi connectivity index (χ2v) is 5.26. The lowest BCUT2D eigenvalue weighted by Gasteiger charge is -2.04. The fourth-order valence-corrected chi connectivity index (χ4v) is 3.11. The highest BCUT2D eigenvalue weighted by Gasteiger charge is 2.20. The standard InChI is InChI=1S/C11H17NOS/c1-8(7-13)10-6-12-11(14-10)9-4-2-3-5-9/h6,8-9,13H,2-5,7H2,1H3. The zero-order chi connectivity index (χ0) is 9.97. The van der Waals surface area contributed by atoms with Crippen LogP contribution in [0, 0.1) is 0 Å². The zero-order valence-corrected chi connectivity index (χ0v) is 9.39. The van der Waals surface area contributed by atoms with Gasteiger partial charge in [0.1, 0.15) is 0 Å². The molecule has 0 aliphatic heterocycles. The molecule has 3 heteroatoms. The molecule has 1 aromatic heterocycles. The molecule has 1 unspecified atom stereocenters. The van der Waals surface area contributed by atoms with Crippen molar-refractivity contribution in [1.29, 1.82) is 0 Å². The van der Waals surface area contributed by atoms with E-state index < -0.39 is 0 Å². The van der Waals surface area contributed by atoms with Crippen LogP contribution in [0.2, 0.25) is 0 Å². The van der Waals surface area contributed by atoms with E-state index in [0.29, 0.717) is 5.92 Å². The van der Waals surface area contributed by atoms with Crippen LogP contribution in [0.3, 0.4) is 0 Å². The Labute approximate surface area is 89.0 Å². The maximum Gasteiger partial charge on any atom is 0.0958 e. The van der Waals surface area contributed by atoms with E-state index >= 15 is 0 Å². The molecule has 1 atom stereocenters. The van der Waals surface area contributed by atoms with Crippen molar-refractivity contribution in [3.8, 4) is 0 Å². The predicted molar refractivity (Wildman–Crippen MR) is 58.8 cm³/mol. The van der Waals surface area contributed by atoms with Crippen LogP contribution < -0.4 is 0 Å². The number of nitrogens with zero attached hydrogens (tertiary/aromatic N) is 1. The van der Waals surface area contributed by atoms with Crippen molar-refractivity contribution in [2.45, 2.75) is 44.4 Å². The van der Waals surface area contributed by atoms with E-state index in [1.807, 2.05) is 13.1 Å². The second-order valence-electron chi connectivity index (χ2n) is 4.17. The molecule has 1 aromatic rings. The maximum absolute atomic E-state index is 9.04. The number of aliphatic hydroxyl groups excluding tert-OH is 1. The first kappa shape index (κ1) is 10.1. The van der Waals surface area contributed by atoms with Gasteiger partial charge >= 0.3 is 0 Å². The largest absolute Gasteiger partial charge is 0.396 e. The number of aromatic nitrogens is 1. The third-order valence-electron chi connectivity index (χ3n) is 3.01. The van der Waals surface area contributed by atoms with Gasteiger partial charge in [-0.05, 0) is 12.8 Å². The number of rotatable bonds is 3. The smallest absolute Gasteiger partial charge is 0.0958 e. The van der Waals surface area contributed by atoms with Crippen LogP contribution in [0.15, 0.2) is 6.20 Å². The molecular weight excluding hydrogens is 194 g/mol. The van der Waals surface area contributed by atoms with Crippen LogP contribution in [-0.2, 0) is 0 Å². The van der Waals surface area contributed by atoms with E-state index in [-0.39, 0.29) is 12.5 Å². The summed E-state index contributed by atoms with van der Waals surface area (Å²) >= 11 is 1.79. The Hall–Kier alpha value is -0.410. The van der Waals surface area contributed by atoms with E-state index in [1.54, 1.807) is 11.3 Å². The normalized spacial score (nSPS) is 20.1. The number of hydrogen-bond donors (Lipinski definition) is 1. The van der Waals surface area contributed by atoms with E-state index in [0.717, 1.165) is 0 Å². The molecular formula is C11H17NOS. The fourth-order valence-electron chi connectivity index (χ4n) is 1.98. The first-order chi connectivity index (χ1) is 6.81. The monoisotopic (exact) mass is 211 g/mol. The van der Waals surface area contributed by atoms with Crippen molar-refractivity contribution in [3.05, 3.63) is 16.1 Å². The van der Waals surface area contributed by atoms with Gasteiger partial charge in [0, 0.05) is 22.9 Å². The van der Waals surface area contributed by atoms with Crippen molar-refractivity contribution in [2.75, 3.05) is 6.61 Å². The van der Waals surface area contributed by atoms with Gasteiger partial charge in [-0.3, -0.25) is 0 Å². The number of hydrogen-bond acceptors (Lipinski definition) is 3. The Kier molecular flexibility index (Phi) is 3.19. The second kappa shape index (κ2) is 4.41. The number of aliphatic hydroxyl groups is 1. The van der Waals surface area contributed by atoms with Crippen LogP contribution in [0.5, 0.6) is 0 Å². The van der Waals surface area contributed by atoms with Gasteiger partial charge < -0.3 is 5.11 Å². The maximum atomic E-state index is 9.04. The third kappa shape index (κ3) is 1.98. The summed E-state index contributed by atoms with van der Waals surface area (Å²) in [6, 6.07) is 0. The van der Waals surface area contributed by atoms with Gasteiger partial charge in [-0.15, -0.1) is 11.3 Å². The molecule has 1 N–H and O–H groups in total. The summed E-state index contributed by atoms with van der Waals surface area (Å²) in [6.07, 6.45) is 7.27. The van der Waals surface area contributed by atoms with Crippen molar-refractivity contribution < 1.29 is 5.11 Å². The predicted octanol–water partition coefficient (Wildman–Crippen LogP) is 2.90. The summed E-state index contributed by atoms with van der Waals surface area (Å²) in [6.45, 7) is 2.28. The van der Waals surface area contributed by atoms with Gasteiger partial charge in [0.15, 0.2) is 0 Å². The summed E-state index contributed by atoms with van der Waals surface area (Å²) in [5.41, 5.74) is 0. The minimum Gasteiger partial charge on any atom is -0.396 e. The van der Waals surface area contributed by atoms with Crippen LogP contribution in [0.1, 0.15) is 54.3 Å². The Morgan fingerprint density at radius 2 is 2.29 bits per heavy atom. The molecule has 2 rings (SSSR count). The van der Waals surface area contributed by atoms with Gasteiger partial charge in [-0.1, -0.05) is 19.8 Å². The molecule has 0 radical (unpaired) electrons. The quantitative estimate of drug-likeness (QED) is 0.834. The molecule has 2 nitrogen and oxygen atoms in total. The average molecular weight is 211 g/mol. The van der Waals surface area contributed by atoms with Gasteiger partial charge in [0.2, 0.25) is 0 Å². The van der Waals surface area contributed by atoms with E-state index in [2.05, 4.69) is 4.98 Å². The molecule has 0 spiro atoms. The van der Waals surface area contributed by atoms with Crippen LogP contribution >= 0.6 is 11.3 Å². The molecule has 1 heterocycles. The van der Waals surface area contributed by atoms with Crippen LogP contribution in [0.4, 0.5) is 0 Å². The summed E-state index contributed by atoms with van der Waals surface area (Å²) in [5, 5.41) is 10.3. The van der Waals surface area contributed by atoms with Crippen molar-refractivity contribution in [2.24, 2.45) is 0 Å². The Bertz CT molecular complexity index is 291. The Balaban J connectivity index is 2.08. The lowest BCUT2D eigenvalue weighted by Crippen LogP contribution is -1.94. The zero-order valence-electron chi connectivity index (χ0n) is 8.57. The van der Waals surface area contributed by atoms with E-state index in [1.165, 1.54) is 35.6 Å². The van der Waals surface area contributed by atoms with Crippen LogP contribution in [0.25, 0.3) is 0 Å². The van der Waals surface area contributed by atoms with Gasteiger partial charge in [0.25, 0.3) is 0 Å². The van der Waals surface area contributed by atoms with E-state index in [9.17, 15) is 0 Å². The molecule has 0 bridgehead atoms. The Morgan fingerprint density at radius 3 is 2.93 bits per heavy atom. The summed E-state index contributed by atoms with van der Waals surface area (Å²) in [4.78, 5) is 5.71. The molecule has 14 heavy (non-hydrogen) atoms. The highest BCUT2D eigenvalue weighted by atomic mass is 32.1. The first-order valence-corrected chi connectivity index (χ1v) is 6.19. The van der Waals surface area contributed by atoms with Gasteiger partial charge in [0.05, 0.1) is 11.6 Å². The lowest BCUT2D eigenvalue weighted by molar-refractivity contribution is 0.274. The molecule has 0 saturated heterocycles. The molecule has 1 aliphatic carbocycles. The molecule has 1 saturated carbocycles. The number of thiazole rings is 1. The third-order valence-corrected chi connectivity index (χ3v) is 4.40. The first-order valence-electron chi connectivity index (χ1n) is 5.37. The average Bonchev–Trinajstić information content (AvgIpc) is 2.86. The van der Waals surface area contributed by atoms with Crippen molar-refractivity contribution >= 4 is 11.3 Å². The topological polar surface area (TPSA) is 33.1 Å². The molecule has 1 aliphatic rings. The highest BCUT2D eigenvalue weighted by molar-refractivity contribution is 7.11. The Morgan fingerprint density at radius 1 is 1.57 bits per heavy atom. The molecule has 0 amide bonds. The van der Waals surface area contributed by atoms with Gasteiger partial charge in [-0.25, -0.2) is 4.98 Å². The van der Waals surface area contributed by atoms with E-state index in [4.69, 9.17) is 5.11 Å².